The summed E-state index contributed by atoms with van der Waals surface area (Å²) in [6.07, 6.45) is 1.96. The van der Waals surface area contributed by atoms with Gasteiger partial charge in [-0.2, -0.15) is 0 Å². The number of carboxylic acid groups (broad SMARTS) is 1. The van der Waals surface area contributed by atoms with E-state index in [9.17, 15) is 9.59 Å². The summed E-state index contributed by atoms with van der Waals surface area (Å²) in [6.45, 7) is 0.239. The normalized spacial score (nSPS) is 22.2. The zero-order valence-corrected chi connectivity index (χ0v) is 5.73. The SMILES string of the molecule is NC(=O)[C@@H]1C=CCN1C(=O)O. The van der Waals surface area contributed by atoms with Gasteiger partial charge in [0.2, 0.25) is 5.91 Å². The highest BCUT2D eigenvalue weighted by atomic mass is 16.4. The standard InChI is InChI=1S/C6H8N2O3/c7-5(9)4-2-1-3-8(4)6(10)11/h1-2,4H,3H2,(H2,7,9)(H,10,11)/t4-/m0/s1. The lowest BCUT2D eigenvalue weighted by Crippen LogP contribution is -2.43. The highest BCUT2D eigenvalue weighted by molar-refractivity contribution is 5.86. The quantitative estimate of drug-likeness (QED) is 0.497. The lowest BCUT2D eigenvalue weighted by atomic mass is 10.3. The minimum Gasteiger partial charge on any atom is -0.465 e. The molecular weight excluding hydrogens is 148 g/mol. The Balaban J connectivity index is 2.71. The predicted molar refractivity (Wildman–Crippen MR) is 36.9 cm³/mol. The average molecular weight is 156 g/mol. The summed E-state index contributed by atoms with van der Waals surface area (Å²) in [7, 11) is 0. The van der Waals surface area contributed by atoms with E-state index < -0.39 is 18.0 Å². The van der Waals surface area contributed by atoms with E-state index in [1.807, 2.05) is 0 Å². The predicted octanol–water partition coefficient (Wildman–Crippen LogP) is -0.610. The number of nitrogens with two attached hydrogens (primary N) is 1. The minimum atomic E-state index is -1.13. The van der Waals surface area contributed by atoms with Crippen molar-refractivity contribution >= 4 is 12.0 Å². The van der Waals surface area contributed by atoms with Crippen molar-refractivity contribution in [3.8, 4) is 0 Å². The molecule has 0 aromatic rings. The average Bonchev–Trinajstić information content (AvgIpc) is 2.32. The maximum absolute atomic E-state index is 10.6. The first-order valence-electron chi connectivity index (χ1n) is 3.08. The molecule has 0 bridgehead atoms. The summed E-state index contributed by atoms with van der Waals surface area (Å²) in [5, 5.41) is 8.51. The Morgan fingerprint density at radius 1 is 1.64 bits per heavy atom. The van der Waals surface area contributed by atoms with E-state index in [-0.39, 0.29) is 6.54 Å². The van der Waals surface area contributed by atoms with Crippen LogP contribution in [0, 0.1) is 0 Å². The van der Waals surface area contributed by atoms with Crippen LogP contribution in [0.2, 0.25) is 0 Å². The van der Waals surface area contributed by atoms with Crippen molar-refractivity contribution in [2.75, 3.05) is 6.54 Å². The second-order valence-corrected chi connectivity index (χ2v) is 2.21. The summed E-state index contributed by atoms with van der Waals surface area (Å²) >= 11 is 0. The summed E-state index contributed by atoms with van der Waals surface area (Å²) in [5.74, 6) is -0.638. The first-order valence-corrected chi connectivity index (χ1v) is 3.08. The third kappa shape index (κ3) is 1.31. The number of hydrogen-bond acceptors (Lipinski definition) is 2. The molecule has 11 heavy (non-hydrogen) atoms. The van der Waals surface area contributed by atoms with Gasteiger partial charge in [-0.05, 0) is 0 Å². The summed E-state index contributed by atoms with van der Waals surface area (Å²) in [5.41, 5.74) is 4.93. The smallest absolute Gasteiger partial charge is 0.408 e. The van der Waals surface area contributed by atoms with Crippen molar-refractivity contribution in [2.45, 2.75) is 6.04 Å². The molecule has 3 N–H and O–H groups in total. The van der Waals surface area contributed by atoms with Crippen molar-refractivity contribution in [1.82, 2.24) is 4.90 Å². The number of hydrogen-bond donors (Lipinski definition) is 2. The van der Waals surface area contributed by atoms with Crippen molar-refractivity contribution < 1.29 is 14.7 Å². The maximum atomic E-state index is 10.6. The van der Waals surface area contributed by atoms with Gasteiger partial charge < -0.3 is 10.8 Å². The Bertz CT molecular complexity index is 224. The van der Waals surface area contributed by atoms with Gasteiger partial charge in [-0.25, -0.2) is 4.79 Å². The number of nitrogens with zero attached hydrogens (tertiary/aromatic N) is 1. The lowest BCUT2D eigenvalue weighted by Gasteiger charge is -2.17. The molecule has 0 aromatic carbocycles. The van der Waals surface area contributed by atoms with E-state index in [4.69, 9.17) is 10.8 Å². The van der Waals surface area contributed by atoms with Gasteiger partial charge in [0.1, 0.15) is 6.04 Å². The Hall–Kier alpha value is -1.52. The zero-order valence-electron chi connectivity index (χ0n) is 5.73. The molecule has 0 aliphatic carbocycles. The number of primary amides is 1. The first-order chi connectivity index (χ1) is 5.13. The largest absolute Gasteiger partial charge is 0.465 e. The number of rotatable bonds is 1. The topological polar surface area (TPSA) is 83.6 Å². The monoisotopic (exact) mass is 156 g/mol. The molecule has 5 heteroatoms. The number of amides is 2. The van der Waals surface area contributed by atoms with Gasteiger partial charge in [0, 0.05) is 6.54 Å². The molecule has 1 aliphatic rings. The molecule has 5 nitrogen and oxygen atoms in total. The van der Waals surface area contributed by atoms with Crippen molar-refractivity contribution in [1.29, 1.82) is 0 Å². The summed E-state index contributed by atoms with van der Waals surface area (Å²) < 4.78 is 0. The highest BCUT2D eigenvalue weighted by Gasteiger charge is 2.27. The third-order valence-corrected chi connectivity index (χ3v) is 1.49. The molecule has 60 valence electrons. The molecule has 1 heterocycles. The van der Waals surface area contributed by atoms with Gasteiger partial charge in [-0.15, -0.1) is 0 Å². The Morgan fingerprint density at radius 2 is 2.27 bits per heavy atom. The van der Waals surface area contributed by atoms with Gasteiger partial charge in [0.15, 0.2) is 0 Å². The van der Waals surface area contributed by atoms with Crippen molar-refractivity contribution in [3.05, 3.63) is 12.2 Å². The molecule has 0 fully saturated rings. The third-order valence-electron chi connectivity index (χ3n) is 1.49. The van der Waals surface area contributed by atoms with E-state index in [0.29, 0.717) is 0 Å². The van der Waals surface area contributed by atoms with E-state index in [2.05, 4.69) is 0 Å². The fraction of sp³-hybridized carbons (Fsp3) is 0.333. The molecule has 0 aromatic heterocycles. The molecule has 0 radical (unpaired) electrons. The molecule has 1 rings (SSSR count). The molecule has 2 amide bonds. The van der Waals surface area contributed by atoms with Gasteiger partial charge in [0.05, 0.1) is 0 Å². The number of carbonyl (C=O) groups is 2. The molecule has 0 unspecified atom stereocenters. The Morgan fingerprint density at radius 3 is 2.64 bits per heavy atom. The minimum absolute atomic E-state index is 0.239. The molecule has 0 saturated heterocycles. The Kier molecular flexibility index (Phi) is 1.80. The second kappa shape index (κ2) is 2.61. The van der Waals surface area contributed by atoms with Crippen LogP contribution in [0.5, 0.6) is 0 Å². The maximum Gasteiger partial charge on any atom is 0.408 e. The van der Waals surface area contributed by atoms with E-state index >= 15 is 0 Å². The van der Waals surface area contributed by atoms with Gasteiger partial charge in [-0.3, -0.25) is 9.69 Å². The Labute approximate surface area is 63.1 Å². The van der Waals surface area contributed by atoms with E-state index in [1.165, 1.54) is 6.08 Å². The van der Waals surface area contributed by atoms with Gasteiger partial charge in [0.25, 0.3) is 0 Å². The molecular formula is C6H8N2O3. The van der Waals surface area contributed by atoms with Crippen LogP contribution in [-0.4, -0.2) is 34.6 Å². The number of carbonyl (C=O) groups excluding carboxylic acids is 1. The first kappa shape index (κ1) is 7.59. The fourth-order valence-electron chi connectivity index (χ4n) is 0.966. The van der Waals surface area contributed by atoms with Crippen molar-refractivity contribution in [2.24, 2.45) is 5.73 Å². The van der Waals surface area contributed by atoms with Crippen LogP contribution in [0.15, 0.2) is 12.2 Å². The molecule has 1 atom stereocenters. The lowest BCUT2D eigenvalue weighted by molar-refractivity contribution is -0.120. The molecule has 0 saturated carbocycles. The molecule has 1 aliphatic heterocycles. The van der Waals surface area contributed by atoms with Crippen LogP contribution in [0.3, 0.4) is 0 Å². The van der Waals surface area contributed by atoms with Gasteiger partial charge >= 0.3 is 6.09 Å². The second-order valence-electron chi connectivity index (χ2n) is 2.21. The van der Waals surface area contributed by atoms with Crippen molar-refractivity contribution in [3.63, 3.8) is 0 Å². The fourth-order valence-corrected chi connectivity index (χ4v) is 0.966. The van der Waals surface area contributed by atoms with E-state index in [0.717, 1.165) is 4.90 Å². The summed E-state index contributed by atoms with van der Waals surface area (Å²) in [6, 6.07) is -0.785. The van der Waals surface area contributed by atoms with Crippen LogP contribution < -0.4 is 5.73 Å². The zero-order chi connectivity index (χ0) is 8.43. The van der Waals surface area contributed by atoms with E-state index in [1.54, 1.807) is 6.08 Å². The van der Waals surface area contributed by atoms with Crippen LogP contribution in [0.4, 0.5) is 4.79 Å². The van der Waals surface area contributed by atoms with Gasteiger partial charge in [-0.1, -0.05) is 12.2 Å². The van der Waals surface area contributed by atoms with Crippen LogP contribution >= 0.6 is 0 Å². The van der Waals surface area contributed by atoms with Crippen LogP contribution in [0.1, 0.15) is 0 Å². The van der Waals surface area contributed by atoms with Crippen LogP contribution in [-0.2, 0) is 4.79 Å². The summed E-state index contributed by atoms with van der Waals surface area (Å²) in [4.78, 5) is 22.0. The van der Waals surface area contributed by atoms with Crippen LogP contribution in [0.25, 0.3) is 0 Å². The highest BCUT2D eigenvalue weighted by Crippen LogP contribution is 2.08. The molecule has 0 spiro atoms.